The molecule has 0 aliphatic carbocycles. The molecule has 1 aromatic rings. The number of aromatic nitrogens is 2. The Hall–Kier alpha value is -0.870. The Bertz CT molecular complexity index is 406. The molecule has 1 N–H and O–H groups in total. The first kappa shape index (κ1) is 15.2. The Morgan fingerprint density at radius 2 is 1.89 bits per heavy atom. The summed E-state index contributed by atoms with van der Waals surface area (Å²) in [5, 5.41) is 3.04. The van der Waals surface area contributed by atoms with E-state index in [2.05, 4.69) is 29.1 Å². The van der Waals surface area contributed by atoms with E-state index in [0.29, 0.717) is 0 Å². The van der Waals surface area contributed by atoms with Gasteiger partial charge in [0.1, 0.15) is 11.3 Å². The van der Waals surface area contributed by atoms with Crippen molar-refractivity contribution in [2.45, 2.75) is 39.5 Å². The van der Waals surface area contributed by atoms with E-state index >= 15 is 0 Å². The zero-order chi connectivity index (χ0) is 13.5. The third kappa shape index (κ3) is 4.10. The lowest BCUT2D eigenvalue weighted by Crippen LogP contribution is -2.23. The maximum absolute atomic E-state index is 12.1. The summed E-state index contributed by atoms with van der Waals surface area (Å²) in [7, 11) is 0. The van der Waals surface area contributed by atoms with Gasteiger partial charge in [0, 0.05) is 5.92 Å². The molecule has 0 aliphatic heterocycles. The van der Waals surface area contributed by atoms with Crippen LogP contribution >= 0.6 is 23.2 Å². The van der Waals surface area contributed by atoms with Crippen LogP contribution in [0.5, 0.6) is 0 Å². The molecule has 0 aliphatic rings. The summed E-state index contributed by atoms with van der Waals surface area (Å²) in [4.78, 5) is 19.7. The van der Waals surface area contributed by atoms with Gasteiger partial charge in [-0.3, -0.25) is 4.79 Å². The van der Waals surface area contributed by atoms with Gasteiger partial charge in [0.25, 0.3) is 0 Å². The van der Waals surface area contributed by atoms with Crippen molar-refractivity contribution in [3.05, 3.63) is 16.5 Å². The number of nitrogens with zero attached hydrogens (tertiary/aromatic N) is 2. The Kier molecular flexibility index (Phi) is 6.36. The summed E-state index contributed by atoms with van der Waals surface area (Å²) in [6.45, 7) is 4.12. The summed E-state index contributed by atoms with van der Waals surface area (Å²) < 4.78 is 0. The monoisotopic (exact) mass is 289 g/mol. The highest BCUT2D eigenvalue weighted by Gasteiger charge is 2.19. The van der Waals surface area contributed by atoms with Gasteiger partial charge in [0.15, 0.2) is 11.0 Å². The molecule has 1 aromatic heterocycles. The molecule has 1 heterocycles. The predicted molar refractivity (Wildman–Crippen MR) is 74.0 cm³/mol. The molecule has 0 unspecified atom stereocenters. The van der Waals surface area contributed by atoms with Gasteiger partial charge in [-0.25, -0.2) is 9.97 Å². The second-order valence-electron chi connectivity index (χ2n) is 4.09. The van der Waals surface area contributed by atoms with Crippen LogP contribution in [0.15, 0.2) is 6.33 Å². The van der Waals surface area contributed by atoms with E-state index in [1.54, 1.807) is 0 Å². The van der Waals surface area contributed by atoms with Crippen molar-refractivity contribution in [3.63, 3.8) is 0 Å². The van der Waals surface area contributed by atoms with Crippen LogP contribution in [0.2, 0.25) is 10.2 Å². The Morgan fingerprint density at radius 1 is 1.28 bits per heavy atom. The number of carbonyl (C=O) groups excluding carboxylic acids is 1. The minimum atomic E-state index is -0.0598. The average molecular weight is 290 g/mol. The number of rotatable bonds is 6. The summed E-state index contributed by atoms with van der Waals surface area (Å²) in [5.74, 6) is 0.207. The van der Waals surface area contributed by atoms with E-state index in [4.69, 9.17) is 23.2 Å². The van der Waals surface area contributed by atoms with Crippen LogP contribution in [0.1, 0.15) is 39.5 Å². The highest BCUT2D eigenvalue weighted by molar-refractivity contribution is 6.42. The van der Waals surface area contributed by atoms with Gasteiger partial charge in [-0.2, -0.15) is 0 Å². The van der Waals surface area contributed by atoms with Crippen LogP contribution in [0.4, 0.5) is 5.82 Å². The summed E-state index contributed by atoms with van der Waals surface area (Å²) >= 11 is 11.7. The first-order valence-corrected chi connectivity index (χ1v) is 6.82. The topological polar surface area (TPSA) is 54.9 Å². The number of amides is 1. The fraction of sp³-hybridized carbons (Fsp3) is 0.583. The average Bonchev–Trinajstić information content (AvgIpc) is 2.34. The third-order valence-electron chi connectivity index (χ3n) is 2.63. The lowest BCUT2D eigenvalue weighted by molar-refractivity contribution is -0.120. The van der Waals surface area contributed by atoms with Crippen LogP contribution in [0.3, 0.4) is 0 Å². The summed E-state index contributed by atoms with van der Waals surface area (Å²) in [6.07, 6.45) is 4.93. The van der Waals surface area contributed by atoms with Gasteiger partial charge in [-0.15, -0.1) is 0 Å². The van der Waals surface area contributed by atoms with E-state index in [1.165, 1.54) is 6.33 Å². The minimum absolute atomic E-state index is 0.00944. The van der Waals surface area contributed by atoms with Crippen molar-refractivity contribution in [2.24, 2.45) is 5.92 Å². The van der Waals surface area contributed by atoms with Gasteiger partial charge < -0.3 is 5.32 Å². The lowest BCUT2D eigenvalue weighted by Gasteiger charge is -2.15. The zero-order valence-electron chi connectivity index (χ0n) is 10.5. The van der Waals surface area contributed by atoms with Crippen LogP contribution in [0, 0.1) is 5.92 Å². The second-order valence-corrected chi connectivity index (χ2v) is 4.83. The number of anilines is 1. The molecule has 18 heavy (non-hydrogen) atoms. The molecule has 100 valence electrons. The van der Waals surface area contributed by atoms with Gasteiger partial charge in [-0.05, 0) is 12.8 Å². The van der Waals surface area contributed by atoms with Gasteiger partial charge >= 0.3 is 0 Å². The molecule has 1 rings (SSSR count). The van der Waals surface area contributed by atoms with E-state index < -0.39 is 0 Å². The molecular weight excluding hydrogens is 273 g/mol. The summed E-state index contributed by atoms with van der Waals surface area (Å²) in [5.41, 5.74) is 0. The van der Waals surface area contributed by atoms with Crippen molar-refractivity contribution in [1.29, 1.82) is 0 Å². The predicted octanol–water partition coefficient (Wildman–Crippen LogP) is 3.94. The molecule has 6 heteroatoms. The Balaban J connectivity index is 2.75. The molecule has 0 spiro atoms. The van der Waals surface area contributed by atoms with Crippen molar-refractivity contribution >= 4 is 34.9 Å². The summed E-state index contributed by atoms with van der Waals surface area (Å²) in [6, 6.07) is 0. The van der Waals surface area contributed by atoms with E-state index in [0.717, 1.165) is 25.7 Å². The van der Waals surface area contributed by atoms with E-state index in [9.17, 15) is 4.79 Å². The van der Waals surface area contributed by atoms with Crippen molar-refractivity contribution < 1.29 is 4.79 Å². The molecular formula is C12H17Cl2N3O. The first-order valence-electron chi connectivity index (χ1n) is 6.07. The van der Waals surface area contributed by atoms with Crippen molar-refractivity contribution in [1.82, 2.24) is 9.97 Å². The number of nitrogens with one attached hydrogen (secondary N) is 1. The maximum atomic E-state index is 12.1. The minimum Gasteiger partial charge on any atom is -0.309 e. The quantitative estimate of drug-likeness (QED) is 0.807. The molecule has 0 radical (unpaired) electrons. The standard InChI is InChI=1S/C12H17Cl2N3O/c1-3-5-8(6-4-2)12(18)17-11-9(13)10(14)15-7-16-11/h7-8H,3-6H2,1-2H3,(H,15,16,17,18). The van der Waals surface area contributed by atoms with Crippen LogP contribution < -0.4 is 5.32 Å². The zero-order valence-corrected chi connectivity index (χ0v) is 12.1. The van der Waals surface area contributed by atoms with Crippen molar-refractivity contribution in [2.75, 3.05) is 5.32 Å². The number of halogens is 2. The molecule has 0 fully saturated rings. The van der Waals surface area contributed by atoms with Crippen LogP contribution in [0.25, 0.3) is 0 Å². The molecule has 0 bridgehead atoms. The number of hydrogen-bond donors (Lipinski definition) is 1. The van der Waals surface area contributed by atoms with Gasteiger partial charge in [-0.1, -0.05) is 49.9 Å². The fourth-order valence-corrected chi connectivity index (χ4v) is 2.04. The lowest BCUT2D eigenvalue weighted by atomic mass is 9.97. The van der Waals surface area contributed by atoms with Crippen LogP contribution in [-0.2, 0) is 4.79 Å². The molecule has 0 saturated carbocycles. The largest absolute Gasteiger partial charge is 0.309 e. The normalized spacial score (nSPS) is 10.7. The van der Waals surface area contributed by atoms with Crippen molar-refractivity contribution in [3.8, 4) is 0 Å². The van der Waals surface area contributed by atoms with E-state index in [-0.39, 0.29) is 27.8 Å². The smallest absolute Gasteiger partial charge is 0.228 e. The van der Waals surface area contributed by atoms with E-state index in [1.807, 2.05) is 0 Å². The molecule has 0 saturated heterocycles. The second kappa shape index (κ2) is 7.54. The Labute approximate surface area is 117 Å². The molecule has 0 atom stereocenters. The maximum Gasteiger partial charge on any atom is 0.228 e. The van der Waals surface area contributed by atoms with Gasteiger partial charge in [0.2, 0.25) is 5.91 Å². The highest BCUT2D eigenvalue weighted by atomic mass is 35.5. The highest BCUT2D eigenvalue weighted by Crippen LogP contribution is 2.26. The third-order valence-corrected chi connectivity index (χ3v) is 3.37. The number of carbonyl (C=O) groups is 1. The molecule has 1 amide bonds. The molecule has 0 aromatic carbocycles. The first-order chi connectivity index (χ1) is 8.60. The van der Waals surface area contributed by atoms with Crippen LogP contribution in [-0.4, -0.2) is 15.9 Å². The van der Waals surface area contributed by atoms with Gasteiger partial charge in [0.05, 0.1) is 0 Å². The number of hydrogen-bond acceptors (Lipinski definition) is 3. The fourth-order valence-electron chi connectivity index (χ4n) is 1.76. The SMILES string of the molecule is CCCC(CCC)C(=O)Nc1ncnc(Cl)c1Cl. The Morgan fingerprint density at radius 3 is 2.44 bits per heavy atom. The molecule has 4 nitrogen and oxygen atoms in total.